The van der Waals surface area contributed by atoms with E-state index in [0.29, 0.717) is 24.0 Å². The molecule has 8 nitrogen and oxygen atoms in total. The zero-order valence-corrected chi connectivity index (χ0v) is 16.9. The predicted molar refractivity (Wildman–Crippen MR) is 104 cm³/mol. The van der Waals surface area contributed by atoms with Gasteiger partial charge in [0.15, 0.2) is 0 Å². The largest absolute Gasteiger partial charge is 0.473 e. The summed E-state index contributed by atoms with van der Waals surface area (Å²) < 4.78 is 27.0. The molecule has 2 aliphatic rings. The summed E-state index contributed by atoms with van der Waals surface area (Å²) >= 11 is 0. The maximum absolute atomic E-state index is 12.7. The number of rotatable bonds is 3. The van der Waals surface area contributed by atoms with Gasteiger partial charge < -0.3 is 10.2 Å². The van der Waals surface area contributed by atoms with E-state index in [4.69, 9.17) is 19.8 Å². The Bertz CT molecular complexity index is 752. The molecule has 28 heavy (non-hydrogen) atoms. The van der Waals surface area contributed by atoms with Crippen molar-refractivity contribution >= 4 is 22.0 Å². The van der Waals surface area contributed by atoms with Crippen molar-refractivity contribution in [1.29, 1.82) is 0 Å². The minimum absolute atomic E-state index is 0.421. The summed E-state index contributed by atoms with van der Waals surface area (Å²) in [6.45, 7) is 4.95. The van der Waals surface area contributed by atoms with Crippen LogP contribution in [-0.2, 0) is 19.6 Å². The van der Waals surface area contributed by atoms with Crippen molar-refractivity contribution in [2.45, 2.75) is 50.0 Å². The number of carboxylic acid groups (broad SMARTS) is 2. The Morgan fingerprint density at radius 1 is 0.893 bits per heavy atom. The van der Waals surface area contributed by atoms with Gasteiger partial charge in [0.05, 0.1) is 4.90 Å². The van der Waals surface area contributed by atoms with Crippen LogP contribution in [0, 0.1) is 6.92 Å². The summed E-state index contributed by atoms with van der Waals surface area (Å²) in [7, 11) is -3.33. The molecule has 0 radical (unpaired) electrons. The van der Waals surface area contributed by atoms with Crippen LogP contribution in [0.3, 0.4) is 0 Å². The third kappa shape index (κ3) is 6.02. The quantitative estimate of drug-likeness (QED) is 0.727. The number of hydrogen-bond acceptors (Lipinski definition) is 5. The van der Waals surface area contributed by atoms with Crippen LogP contribution in [0.25, 0.3) is 0 Å². The molecule has 0 spiro atoms. The monoisotopic (exact) mass is 412 g/mol. The summed E-state index contributed by atoms with van der Waals surface area (Å²) in [5, 5.41) is 14.8. The molecule has 0 amide bonds. The van der Waals surface area contributed by atoms with E-state index >= 15 is 0 Å². The Balaban J connectivity index is 0.000000409. The average molecular weight is 413 g/mol. The zero-order chi connectivity index (χ0) is 20.7. The normalized spacial score (nSPS) is 19.5. The molecule has 0 aromatic heterocycles. The summed E-state index contributed by atoms with van der Waals surface area (Å²) in [5.41, 5.74) is 1.08. The van der Waals surface area contributed by atoms with Crippen molar-refractivity contribution in [2.24, 2.45) is 0 Å². The number of carboxylic acids is 2. The molecule has 0 atom stereocenters. The van der Waals surface area contributed by atoms with Gasteiger partial charge in [-0.3, -0.25) is 4.90 Å². The number of aryl methyl sites for hydroxylation is 1. The number of benzene rings is 1. The number of nitrogens with zero attached hydrogens (tertiary/aromatic N) is 2. The van der Waals surface area contributed by atoms with Crippen molar-refractivity contribution in [1.82, 2.24) is 9.21 Å². The molecule has 1 aliphatic heterocycles. The first-order chi connectivity index (χ1) is 13.2. The highest BCUT2D eigenvalue weighted by Crippen LogP contribution is 2.25. The second kappa shape index (κ2) is 9.99. The molecule has 0 unspecified atom stereocenters. The van der Waals surface area contributed by atoms with Gasteiger partial charge in [-0.15, -0.1) is 0 Å². The molecular formula is C19H28N2O6S. The molecule has 156 valence electrons. The Morgan fingerprint density at radius 3 is 1.86 bits per heavy atom. The van der Waals surface area contributed by atoms with Crippen molar-refractivity contribution in [3.63, 3.8) is 0 Å². The van der Waals surface area contributed by atoms with E-state index in [1.54, 1.807) is 16.4 Å². The highest BCUT2D eigenvalue weighted by Gasteiger charge is 2.31. The van der Waals surface area contributed by atoms with Gasteiger partial charge in [0, 0.05) is 32.2 Å². The van der Waals surface area contributed by atoms with Crippen LogP contribution in [0.4, 0.5) is 0 Å². The van der Waals surface area contributed by atoms with Gasteiger partial charge in [-0.2, -0.15) is 4.31 Å². The van der Waals surface area contributed by atoms with Crippen LogP contribution in [-0.4, -0.2) is 72.0 Å². The van der Waals surface area contributed by atoms with E-state index in [-0.39, 0.29) is 0 Å². The summed E-state index contributed by atoms with van der Waals surface area (Å²) in [6.07, 6.45) is 6.58. The van der Waals surface area contributed by atoms with Gasteiger partial charge in [0.1, 0.15) is 0 Å². The predicted octanol–water partition coefficient (Wildman–Crippen LogP) is 1.79. The minimum atomic E-state index is -3.33. The fourth-order valence-corrected chi connectivity index (χ4v) is 5.04. The molecule has 1 aliphatic carbocycles. The summed E-state index contributed by atoms with van der Waals surface area (Å²) in [5.74, 6) is -3.65. The molecule has 1 saturated carbocycles. The third-order valence-corrected chi connectivity index (χ3v) is 7.12. The Morgan fingerprint density at radius 2 is 1.39 bits per heavy atom. The van der Waals surface area contributed by atoms with Gasteiger partial charge in [0.25, 0.3) is 0 Å². The lowest BCUT2D eigenvalue weighted by molar-refractivity contribution is -0.159. The van der Waals surface area contributed by atoms with Crippen LogP contribution in [0.2, 0.25) is 0 Å². The molecule has 1 heterocycles. The minimum Gasteiger partial charge on any atom is -0.473 e. The lowest BCUT2D eigenvalue weighted by Gasteiger charge is -2.40. The van der Waals surface area contributed by atoms with Crippen LogP contribution in [0.5, 0.6) is 0 Å². The highest BCUT2D eigenvalue weighted by atomic mass is 32.2. The van der Waals surface area contributed by atoms with E-state index in [1.165, 1.54) is 32.1 Å². The topological polar surface area (TPSA) is 115 Å². The molecule has 0 bridgehead atoms. The van der Waals surface area contributed by atoms with Crippen LogP contribution >= 0.6 is 0 Å². The lowest BCUT2D eigenvalue weighted by atomic mass is 9.94. The van der Waals surface area contributed by atoms with Gasteiger partial charge in [0.2, 0.25) is 10.0 Å². The molecule has 1 saturated heterocycles. The van der Waals surface area contributed by atoms with Crippen molar-refractivity contribution in [3.8, 4) is 0 Å². The molecular weight excluding hydrogens is 384 g/mol. The van der Waals surface area contributed by atoms with E-state index < -0.39 is 22.0 Å². The van der Waals surface area contributed by atoms with E-state index in [2.05, 4.69) is 4.90 Å². The van der Waals surface area contributed by atoms with Crippen LogP contribution < -0.4 is 0 Å². The number of hydrogen-bond donors (Lipinski definition) is 2. The second-order valence-corrected chi connectivity index (χ2v) is 9.09. The Kier molecular flexibility index (Phi) is 7.97. The molecule has 3 rings (SSSR count). The maximum atomic E-state index is 12.7. The fourth-order valence-electron chi connectivity index (χ4n) is 3.61. The molecule has 1 aromatic rings. The first kappa shape index (κ1) is 22.3. The number of sulfonamides is 1. The summed E-state index contributed by atoms with van der Waals surface area (Å²) in [4.78, 5) is 21.1. The molecule has 2 fully saturated rings. The van der Waals surface area contributed by atoms with Crippen LogP contribution in [0.1, 0.15) is 37.7 Å². The van der Waals surface area contributed by atoms with Gasteiger partial charge in [-0.1, -0.05) is 37.0 Å². The molecule has 2 N–H and O–H groups in total. The first-order valence-electron chi connectivity index (χ1n) is 9.49. The first-order valence-corrected chi connectivity index (χ1v) is 10.9. The lowest BCUT2D eigenvalue weighted by Crippen LogP contribution is -2.52. The average Bonchev–Trinajstić information content (AvgIpc) is 2.69. The number of piperazine rings is 1. The molecule has 9 heteroatoms. The second-order valence-electron chi connectivity index (χ2n) is 7.16. The Hall–Kier alpha value is -1.97. The Labute approximate surface area is 165 Å². The van der Waals surface area contributed by atoms with E-state index in [9.17, 15) is 8.42 Å². The smallest absolute Gasteiger partial charge is 0.414 e. The van der Waals surface area contributed by atoms with Crippen LogP contribution in [0.15, 0.2) is 29.2 Å². The van der Waals surface area contributed by atoms with Gasteiger partial charge >= 0.3 is 11.9 Å². The SMILES string of the molecule is Cc1ccc(S(=O)(=O)N2CCN(C3CCCCC3)CC2)cc1.O=C(O)C(=O)O. The number of aliphatic carboxylic acids is 2. The van der Waals surface area contributed by atoms with Gasteiger partial charge in [-0.25, -0.2) is 18.0 Å². The maximum Gasteiger partial charge on any atom is 0.414 e. The zero-order valence-electron chi connectivity index (χ0n) is 16.1. The standard InChI is InChI=1S/C17H26N2O2S.C2H2O4/c1-15-7-9-17(10-8-15)22(20,21)19-13-11-18(12-14-19)16-5-3-2-4-6-16;3-1(4)2(5)6/h7-10,16H,2-6,11-14H2,1H3;(H,3,4)(H,5,6). The van der Waals surface area contributed by atoms with Crippen molar-refractivity contribution in [3.05, 3.63) is 29.8 Å². The molecule has 1 aromatic carbocycles. The van der Waals surface area contributed by atoms with Crippen molar-refractivity contribution < 1.29 is 28.2 Å². The third-order valence-electron chi connectivity index (χ3n) is 5.21. The fraction of sp³-hybridized carbons (Fsp3) is 0.579. The summed E-state index contributed by atoms with van der Waals surface area (Å²) in [6, 6.07) is 7.85. The van der Waals surface area contributed by atoms with E-state index in [1.807, 2.05) is 19.1 Å². The van der Waals surface area contributed by atoms with E-state index in [0.717, 1.165) is 18.7 Å². The van der Waals surface area contributed by atoms with Crippen molar-refractivity contribution in [2.75, 3.05) is 26.2 Å². The number of carbonyl (C=O) groups is 2. The van der Waals surface area contributed by atoms with Gasteiger partial charge in [-0.05, 0) is 31.9 Å². The highest BCUT2D eigenvalue weighted by molar-refractivity contribution is 7.89.